The van der Waals surface area contributed by atoms with Gasteiger partial charge in [0.15, 0.2) is 0 Å². The number of nitro groups is 1. The first-order valence-corrected chi connectivity index (χ1v) is 11.3. The molecule has 168 valence electrons. The summed E-state index contributed by atoms with van der Waals surface area (Å²) in [7, 11) is 0. The molecule has 1 amide bonds. The highest BCUT2D eigenvalue weighted by molar-refractivity contribution is 5.82. The molecule has 1 saturated heterocycles. The Morgan fingerprint density at radius 3 is 2.45 bits per heavy atom. The maximum Gasteiger partial charge on any atom is 0.269 e. The Balaban J connectivity index is 1.43. The van der Waals surface area contributed by atoms with E-state index in [1.54, 1.807) is 12.1 Å². The molecule has 1 fully saturated rings. The smallest absolute Gasteiger partial charge is 0.269 e. The molecule has 2 atom stereocenters. The molecule has 2 aliphatic heterocycles. The predicted molar refractivity (Wildman–Crippen MR) is 128 cm³/mol. The standard InChI is InChI=1S/C26H26N4O3/c31-26(27-17-19-7-3-1-4-8-19)23-16-20-15-22(30(32)33)11-12-24(20)29-14-13-28(18-25(23)29)21-9-5-2-6-10-21/h1-12,15,23,25H,13-14,16-18H2,(H,27,31). The lowest BCUT2D eigenvalue weighted by Gasteiger charge is -2.49. The first-order valence-electron chi connectivity index (χ1n) is 11.3. The maximum absolute atomic E-state index is 13.4. The molecule has 2 unspecified atom stereocenters. The maximum atomic E-state index is 13.4. The lowest BCUT2D eigenvalue weighted by molar-refractivity contribution is -0.384. The van der Waals surface area contributed by atoms with Gasteiger partial charge in [-0.25, -0.2) is 0 Å². The molecule has 2 heterocycles. The number of hydrogen-bond acceptors (Lipinski definition) is 5. The molecule has 3 aromatic rings. The summed E-state index contributed by atoms with van der Waals surface area (Å²) >= 11 is 0. The molecule has 7 heteroatoms. The molecule has 0 aliphatic carbocycles. The Labute approximate surface area is 192 Å². The molecule has 0 spiro atoms. The number of amides is 1. The number of rotatable bonds is 5. The highest BCUT2D eigenvalue weighted by atomic mass is 16.6. The minimum Gasteiger partial charge on any atom is -0.368 e. The summed E-state index contributed by atoms with van der Waals surface area (Å²) in [5, 5.41) is 14.5. The van der Waals surface area contributed by atoms with E-state index in [4.69, 9.17) is 0 Å². The second-order valence-electron chi connectivity index (χ2n) is 8.63. The van der Waals surface area contributed by atoms with Crippen LogP contribution in [0.25, 0.3) is 0 Å². The fraction of sp³-hybridized carbons (Fsp3) is 0.269. The zero-order chi connectivity index (χ0) is 22.8. The number of benzene rings is 3. The van der Waals surface area contributed by atoms with Gasteiger partial charge in [-0.1, -0.05) is 48.5 Å². The van der Waals surface area contributed by atoms with Gasteiger partial charge in [0.25, 0.3) is 5.69 Å². The van der Waals surface area contributed by atoms with Crippen molar-refractivity contribution in [1.82, 2.24) is 5.32 Å². The number of hydrogen-bond donors (Lipinski definition) is 1. The second kappa shape index (κ2) is 8.94. The molecule has 0 bridgehead atoms. The van der Waals surface area contributed by atoms with Crippen LogP contribution in [0.15, 0.2) is 78.9 Å². The quantitative estimate of drug-likeness (QED) is 0.481. The third-order valence-electron chi connectivity index (χ3n) is 6.67. The molecule has 5 rings (SSSR count). The number of piperazine rings is 1. The van der Waals surface area contributed by atoms with E-state index in [0.717, 1.165) is 42.1 Å². The molecule has 7 nitrogen and oxygen atoms in total. The average Bonchev–Trinajstić information content (AvgIpc) is 2.87. The van der Waals surface area contributed by atoms with Crippen molar-refractivity contribution in [2.24, 2.45) is 5.92 Å². The van der Waals surface area contributed by atoms with E-state index in [2.05, 4.69) is 27.2 Å². The van der Waals surface area contributed by atoms with Crippen LogP contribution in [0.2, 0.25) is 0 Å². The predicted octanol–water partition coefficient (Wildman–Crippen LogP) is 3.78. The number of carbonyl (C=O) groups excluding carboxylic acids is 1. The molecule has 2 aliphatic rings. The van der Waals surface area contributed by atoms with Gasteiger partial charge in [-0.15, -0.1) is 0 Å². The Morgan fingerprint density at radius 1 is 1.00 bits per heavy atom. The third kappa shape index (κ3) is 4.26. The summed E-state index contributed by atoms with van der Waals surface area (Å²) in [5.41, 5.74) is 4.14. The van der Waals surface area contributed by atoms with Gasteiger partial charge >= 0.3 is 0 Å². The van der Waals surface area contributed by atoms with Crippen LogP contribution in [0.4, 0.5) is 17.1 Å². The van der Waals surface area contributed by atoms with E-state index < -0.39 is 0 Å². The van der Waals surface area contributed by atoms with Gasteiger partial charge in [-0.2, -0.15) is 0 Å². The first-order chi connectivity index (χ1) is 16.1. The van der Waals surface area contributed by atoms with E-state index >= 15 is 0 Å². The van der Waals surface area contributed by atoms with E-state index in [1.807, 2.05) is 54.6 Å². The second-order valence-corrected chi connectivity index (χ2v) is 8.63. The molecule has 0 saturated carbocycles. The van der Waals surface area contributed by atoms with Crippen molar-refractivity contribution in [3.63, 3.8) is 0 Å². The highest BCUT2D eigenvalue weighted by Crippen LogP contribution is 2.38. The number of nitro benzene ring substituents is 1. The van der Waals surface area contributed by atoms with Crippen molar-refractivity contribution in [1.29, 1.82) is 0 Å². The summed E-state index contributed by atoms with van der Waals surface area (Å²) < 4.78 is 0. The van der Waals surface area contributed by atoms with E-state index in [9.17, 15) is 14.9 Å². The van der Waals surface area contributed by atoms with Crippen molar-refractivity contribution in [3.05, 3.63) is 100 Å². The molecule has 1 N–H and O–H groups in total. The van der Waals surface area contributed by atoms with Crippen LogP contribution in [0.3, 0.4) is 0 Å². The molecule has 0 aromatic heterocycles. The van der Waals surface area contributed by atoms with Crippen molar-refractivity contribution >= 4 is 23.0 Å². The lowest BCUT2D eigenvalue weighted by atomic mass is 9.83. The first kappa shape index (κ1) is 21.0. The normalized spacial score (nSPS) is 19.4. The van der Waals surface area contributed by atoms with Crippen LogP contribution in [-0.2, 0) is 17.8 Å². The summed E-state index contributed by atoms with van der Waals surface area (Å²) in [5.74, 6) is -0.310. The highest BCUT2D eigenvalue weighted by Gasteiger charge is 2.42. The minimum absolute atomic E-state index is 0.0105. The zero-order valence-corrected chi connectivity index (χ0v) is 18.3. The molecule has 0 radical (unpaired) electrons. The molecular formula is C26H26N4O3. The Bertz CT molecular complexity index is 1150. The van der Waals surface area contributed by atoms with Crippen molar-refractivity contribution < 1.29 is 9.72 Å². The van der Waals surface area contributed by atoms with Crippen molar-refractivity contribution in [2.75, 3.05) is 29.4 Å². The topological polar surface area (TPSA) is 78.7 Å². The van der Waals surface area contributed by atoms with Gasteiger partial charge in [-0.05, 0) is 35.7 Å². The largest absolute Gasteiger partial charge is 0.368 e. The van der Waals surface area contributed by atoms with Crippen LogP contribution >= 0.6 is 0 Å². The summed E-state index contributed by atoms with van der Waals surface area (Å²) in [4.78, 5) is 29.0. The lowest BCUT2D eigenvalue weighted by Crippen LogP contribution is -2.61. The fourth-order valence-electron chi connectivity index (χ4n) is 5.01. The van der Waals surface area contributed by atoms with Gasteiger partial charge in [-0.3, -0.25) is 14.9 Å². The zero-order valence-electron chi connectivity index (χ0n) is 18.3. The van der Waals surface area contributed by atoms with Crippen LogP contribution in [0, 0.1) is 16.0 Å². The number of nitrogens with zero attached hydrogens (tertiary/aromatic N) is 3. The SMILES string of the molecule is O=C(NCc1ccccc1)C1Cc2cc([N+](=O)[O-])ccc2N2CCN(c3ccccc3)CC12. The Morgan fingerprint density at radius 2 is 1.73 bits per heavy atom. The van der Waals surface area contributed by atoms with E-state index in [1.165, 1.54) is 0 Å². The fourth-order valence-corrected chi connectivity index (χ4v) is 5.01. The number of nitrogens with one attached hydrogen (secondary N) is 1. The van der Waals surface area contributed by atoms with E-state index in [0.29, 0.717) is 13.0 Å². The van der Waals surface area contributed by atoms with Gasteiger partial charge in [0.2, 0.25) is 5.91 Å². The van der Waals surface area contributed by atoms with Crippen LogP contribution in [0.5, 0.6) is 0 Å². The Kier molecular flexibility index (Phi) is 5.69. The molecular weight excluding hydrogens is 416 g/mol. The number of anilines is 2. The van der Waals surface area contributed by atoms with Gasteiger partial charge < -0.3 is 15.1 Å². The van der Waals surface area contributed by atoms with Gasteiger partial charge in [0, 0.05) is 49.7 Å². The van der Waals surface area contributed by atoms with Gasteiger partial charge in [0.1, 0.15) is 0 Å². The third-order valence-corrected chi connectivity index (χ3v) is 6.67. The number of para-hydroxylation sites is 1. The van der Waals surface area contributed by atoms with E-state index in [-0.39, 0.29) is 28.5 Å². The molecule has 3 aromatic carbocycles. The summed E-state index contributed by atoms with van der Waals surface area (Å²) in [6.45, 7) is 2.78. The van der Waals surface area contributed by atoms with Crippen LogP contribution < -0.4 is 15.1 Å². The number of carbonyl (C=O) groups is 1. The van der Waals surface area contributed by atoms with Crippen LogP contribution in [-0.4, -0.2) is 36.5 Å². The summed E-state index contributed by atoms with van der Waals surface area (Å²) in [6.07, 6.45) is 0.488. The van der Waals surface area contributed by atoms with Crippen LogP contribution in [0.1, 0.15) is 11.1 Å². The average molecular weight is 443 g/mol. The van der Waals surface area contributed by atoms with Crippen molar-refractivity contribution in [3.8, 4) is 0 Å². The Hall–Kier alpha value is -3.87. The van der Waals surface area contributed by atoms with Crippen molar-refractivity contribution in [2.45, 2.75) is 19.0 Å². The number of non-ortho nitro benzene ring substituents is 1. The molecule has 33 heavy (non-hydrogen) atoms. The number of fused-ring (bicyclic) bond motifs is 3. The minimum atomic E-state index is -0.371. The monoisotopic (exact) mass is 442 g/mol. The summed E-state index contributed by atoms with van der Waals surface area (Å²) in [6, 6.07) is 25.1. The van der Waals surface area contributed by atoms with Gasteiger partial charge in [0.05, 0.1) is 16.9 Å².